The minimum absolute atomic E-state index is 0.139. The lowest BCUT2D eigenvalue weighted by Crippen LogP contribution is -2.58. The van der Waals surface area contributed by atoms with Crippen LogP contribution in [0.2, 0.25) is 0 Å². The Labute approximate surface area is 789 Å². The molecule has 6 amide bonds. The van der Waals surface area contributed by atoms with Gasteiger partial charge in [0.15, 0.2) is 106 Å². The van der Waals surface area contributed by atoms with Gasteiger partial charge in [0.1, 0.15) is 70.7 Å². The van der Waals surface area contributed by atoms with Crippen LogP contribution in [0, 0.1) is 11.8 Å². The van der Waals surface area contributed by atoms with E-state index in [9.17, 15) is 143 Å². The van der Waals surface area contributed by atoms with E-state index in [0.29, 0.717) is 9.33 Å². The number of carbonyl (C=O) groups is 14. The van der Waals surface area contributed by atoms with E-state index in [2.05, 4.69) is 11.3 Å². The van der Waals surface area contributed by atoms with E-state index in [1.165, 1.54) is 45.0 Å². The van der Waals surface area contributed by atoms with Gasteiger partial charge < -0.3 is 83.9 Å². The topological polar surface area (TPSA) is 514 Å². The number of benzene rings is 2. The molecule has 0 spiro atoms. The van der Waals surface area contributed by atoms with Crippen LogP contribution >= 0.6 is 67.8 Å². The first-order valence-corrected chi connectivity index (χ1v) is 44.5. The van der Waals surface area contributed by atoms with Crippen molar-refractivity contribution in [3.05, 3.63) is 158 Å². The zero-order valence-electron chi connectivity index (χ0n) is 70.0. The van der Waals surface area contributed by atoms with Crippen LogP contribution < -0.4 is 0 Å². The normalized spacial score (nSPS) is 36.7. The second-order valence-electron chi connectivity index (χ2n) is 31.8. The van der Waals surface area contributed by atoms with Crippen molar-refractivity contribution in [3.63, 3.8) is 0 Å². The van der Waals surface area contributed by atoms with Gasteiger partial charge in [-0.05, 0) is 60.7 Å². The smallest absolute Gasteiger partial charge is 0.338 e. The summed E-state index contributed by atoms with van der Waals surface area (Å²) in [4.78, 5) is 169. The standard InChI is InChI=1S/C20H21F2NO5.C19H18F2INO5.C11H12F2INO5.C11H13F2NO6.C11H13FINO5.C11H12FNO5/c1-3-20(22)13(2)19(12-21,27-17(26)14-7-5-4-6-8-14)18(28-20)23-10-9-15(24)11-16(23)25;1-12-18(10-20,27-16(26)13-5-3-2-4-6-13)17(28-19(12,21)11-22)23-8-7-14(24)9-15(23)25;12-4-10(19)8(18)11(13,5-14)20-9(10)15-2-1-6(16)3-7(15)17;12-4-10(19)8(18)11(13,5-15)20-9(10)14-2-1-6(16)3-7(14)17;12-5-11(18)9(17)7(4-13)19-10(11)14-2-1-6(15)3-8(14)16;1-6-9(16)11(17,5-12)10(18-6)13-3-2-7(14)4-8(13)15/h4-10,13,18H,3,11-12H2,1-2H3;2-8,12,17H,9-11H2,1H3;1-2,8-9,18-19H,3-5H2;1-2,8-9,15,18-19H,3-5H2;1-2,7,9-10,17-18H,3-5H2;2-3,9-10,16-17H,1,4-5H2/t13-,18+,19+,20+;12-,17+,18+,19+;2*8-,9+,10+,11+;7-,9-,10-,11-;9-,10-,11-/m000011/s1. The number of alkyl halides is 13. The Kier molecular flexibility index (Phi) is 35.0. The van der Waals surface area contributed by atoms with Crippen molar-refractivity contribution in [1.29, 1.82) is 0 Å². The summed E-state index contributed by atoms with van der Waals surface area (Å²) in [5, 5.41) is 88.2. The number of halogens is 13. The molecular weight excluding hydrogens is 2150 g/mol. The Bertz CT molecular complexity index is 4770. The number of aliphatic hydroxyl groups excluding tert-OH is 5. The third kappa shape index (κ3) is 21.3. The van der Waals surface area contributed by atoms with Crippen molar-refractivity contribution < 1.29 is 195 Å². The third-order valence-electron chi connectivity index (χ3n) is 23.3. The van der Waals surface area contributed by atoms with Crippen LogP contribution in [0.3, 0.4) is 0 Å². The Balaban J connectivity index is 0.000000181. The summed E-state index contributed by atoms with van der Waals surface area (Å²) in [5.41, 5.74) is -13.6. The quantitative estimate of drug-likeness (QED) is 0.0285. The summed E-state index contributed by atoms with van der Waals surface area (Å²) in [6, 6.07) is 15.8. The molecular formula is C83H89F10I3N6O31. The molecule has 23 atom stereocenters. The fourth-order valence-corrected chi connectivity index (χ4v) is 17.4. The van der Waals surface area contributed by atoms with Crippen LogP contribution in [0.5, 0.6) is 0 Å². The van der Waals surface area contributed by atoms with Gasteiger partial charge in [-0.15, -0.1) is 0 Å². The Hall–Kier alpha value is -8.87. The molecule has 12 heterocycles. The molecule has 0 aromatic heterocycles. The van der Waals surface area contributed by atoms with Crippen LogP contribution in [0.1, 0.15) is 86.4 Å². The molecule has 728 valence electrons. The number of ketones is 6. The van der Waals surface area contributed by atoms with Crippen molar-refractivity contribution in [2.75, 3.05) is 59.9 Å². The molecule has 9 N–H and O–H groups in total. The SMILES string of the molecule is C=C1O[C@@H](N2C=CC(=O)CC2=O)[C@@](O)(CF)[C@@H]1O.CC[C@@]1(F)O[C@@H](N2C=CC(=O)CC2=O)[C@](CF)(OC(=O)c2ccccc2)[C@@H]1C.C[C@H]1[C@@](CF)(OC(=O)c2ccccc2)[C@H](N2C=CC(=O)CC2=O)O[C@]1(F)CI.O=C1C=CN([C@@H]2O[C@H](CI)[C@@H](O)[C@]2(O)CF)C(=O)C1.O=C1C=CN([C@@H]2O[C@](F)(CI)[C@@H](O)[C@]2(O)CF)C(=O)C1.O=C1C=CN([C@@H]2O[C@](F)(CO)[C@@H](O)[C@]2(O)CF)C(=O)C1. The average Bonchev–Trinajstić information content (AvgIpc) is 1.95. The van der Waals surface area contributed by atoms with E-state index in [0.717, 1.165) is 98.2 Å². The Morgan fingerprint density at radius 2 is 0.714 bits per heavy atom. The fraction of sp³-hybridized carbons (Fsp3) is 0.518. The summed E-state index contributed by atoms with van der Waals surface area (Å²) in [6.07, 6.45) is -7.74. The van der Waals surface area contributed by atoms with E-state index in [4.69, 9.17) is 38.3 Å². The molecule has 37 nitrogen and oxygen atoms in total. The van der Waals surface area contributed by atoms with Crippen LogP contribution in [0.15, 0.2) is 147 Å². The molecule has 12 aliphatic heterocycles. The molecule has 6 fully saturated rings. The lowest BCUT2D eigenvalue weighted by atomic mass is 9.84. The maximum Gasteiger partial charge on any atom is 0.338 e. The number of ether oxygens (including phenoxy) is 8. The summed E-state index contributed by atoms with van der Waals surface area (Å²) in [6.45, 7) is -1.97. The summed E-state index contributed by atoms with van der Waals surface area (Å²) < 4.78 is 182. The highest BCUT2D eigenvalue weighted by Crippen LogP contribution is 2.53. The molecule has 6 saturated heterocycles. The van der Waals surface area contributed by atoms with Gasteiger partial charge in [0.25, 0.3) is 5.85 Å². The van der Waals surface area contributed by atoms with Gasteiger partial charge in [-0.2, -0.15) is 0 Å². The number of rotatable bonds is 21. The van der Waals surface area contributed by atoms with Gasteiger partial charge in [0.05, 0.1) is 76.4 Å². The number of esters is 2. The van der Waals surface area contributed by atoms with Gasteiger partial charge in [0.2, 0.25) is 59.2 Å². The van der Waals surface area contributed by atoms with Crippen molar-refractivity contribution in [2.45, 2.75) is 191 Å². The summed E-state index contributed by atoms with van der Waals surface area (Å²) in [7, 11) is 0. The number of carbonyl (C=O) groups excluding carboxylic acids is 14. The summed E-state index contributed by atoms with van der Waals surface area (Å²) in [5.74, 6) is -21.6. The van der Waals surface area contributed by atoms with E-state index in [1.807, 2.05) is 22.6 Å². The van der Waals surface area contributed by atoms with Crippen molar-refractivity contribution in [1.82, 2.24) is 29.4 Å². The minimum Gasteiger partial charge on any atom is -0.469 e. The Morgan fingerprint density at radius 1 is 0.421 bits per heavy atom. The first-order valence-electron chi connectivity index (χ1n) is 39.9. The molecule has 0 aliphatic carbocycles. The molecule has 0 unspecified atom stereocenters. The zero-order chi connectivity index (χ0) is 99.0. The van der Waals surface area contributed by atoms with E-state index < -0.39 is 285 Å². The molecule has 0 radical (unpaired) electrons. The maximum atomic E-state index is 15.4. The second-order valence-corrected chi connectivity index (χ2v) is 34.2. The van der Waals surface area contributed by atoms with Crippen molar-refractivity contribution >= 4 is 150 Å². The molecule has 12 aliphatic rings. The molecule has 14 rings (SSSR count). The fourth-order valence-electron chi connectivity index (χ4n) is 15.3. The molecule has 0 bridgehead atoms. The number of aliphatic hydroxyl groups is 9. The van der Waals surface area contributed by atoms with Crippen molar-refractivity contribution in [2.24, 2.45) is 11.8 Å². The lowest BCUT2D eigenvalue weighted by molar-refractivity contribution is -0.213. The van der Waals surface area contributed by atoms with E-state index in [-0.39, 0.29) is 50.8 Å². The largest absolute Gasteiger partial charge is 0.469 e. The first kappa shape index (κ1) is 108. The van der Waals surface area contributed by atoms with Gasteiger partial charge in [-0.25, -0.2) is 53.5 Å². The van der Waals surface area contributed by atoms with Gasteiger partial charge >= 0.3 is 11.9 Å². The van der Waals surface area contributed by atoms with E-state index in [1.54, 1.807) is 81.6 Å². The molecule has 2 aromatic rings. The summed E-state index contributed by atoms with van der Waals surface area (Å²) >= 11 is 5.26. The Morgan fingerprint density at radius 3 is 1.02 bits per heavy atom. The second kappa shape index (κ2) is 43.2. The van der Waals surface area contributed by atoms with E-state index >= 15 is 8.78 Å². The number of allylic oxidation sites excluding steroid dienone is 6. The average molecular weight is 2240 g/mol. The van der Waals surface area contributed by atoms with Crippen LogP contribution in [-0.4, -0.2) is 342 Å². The highest BCUT2D eigenvalue weighted by atomic mass is 127. The third-order valence-corrected chi connectivity index (χ3v) is 26.3. The number of nitrogens with zero attached hydrogens (tertiary/aromatic N) is 6. The van der Waals surface area contributed by atoms with Crippen molar-refractivity contribution in [3.8, 4) is 0 Å². The first-order chi connectivity index (χ1) is 62.4. The predicted molar refractivity (Wildman–Crippen MR) is 452 cm³/mol. The van der Waals surface area contributed by atoms with Gasteiger partial charge in [-0.1, -0.05) is 132 Å². The molecule has 50 heteroatoms. The number of hydrogen-bond acceptors (Lipinski definition) is 31. The van der Waals surface area contributed by atoms with Crippen LogP contribution in [-0.2, 0) is 95.4 Å². The number of hydrogen-bond donors (Lipinski definition) is 9. The minimum atomic E-state index is -3.11. The van der Waals surface area contributed by atoms with Crippen LogP contribution in [0.4, 0.5) is 43.9 Å². The highest BCUT2D eigenvalue weighted by Gasteiger charge is 2.72. The zero-order valence-corrected chi connectivity index (χ0v) is 76.5. The van der Waals surface area contributed by atoms with Crippen LogP contribution in [0.25, 0.3) is 0 Å². The maximum absolute atomic E-state index is 15.4. The molecule has 2 aromatic carbocycles. The number of amides is 6. The van der Waals surface area contributed by atoms with Gasteiger partial charge in [0, 0.05) is 48.0 Å². The monoisotopic (exact) mass is 2240 g/mol. The highest BCUT2D eigenvalue weighted by molar-refractivity contribution is 14.1. The predicted octanol–water partition coefficient (Wildman–Crippen LogP) is 2.85. The lowest BCUT2D eigenvalue weighted by Gasteiger charge is -2.38. The molecule has 0 saturated carbocycles. The van der Waals surface area contributed by atoms with Gasteiger partial charge in [-0.3, -0.25) is 86.9 Å². The molecule has 133 heavy (non-hydrogen) atoms.